The second-order valence-electron chi connectivity index (χ2n) is 7.61. The van der Waals surface area contributed by atoms with Crippen LogP contribution < -0.4 is 10.5 Å². The molecule has 5 N–H and O–H groups in total. The van der Waals surface area contributed by atoms with Gasteiger partial charge in [-0.05, 0) is 31.5 Å². The van der Waals surface area contributed by atoms with Gasteiger partial charge in [-0.15, -0.1) is 0 Å². The van der Waals surface area contributed by atoms with E-state index in [0.717, 1.165) is 5.56 Å². The maximum Gasteiger partial charge on any atom is 0.240 e. The predicted molar refractivity (Wildman–Crippen MR) is 114 cm³/mol. The van der Waals surface area contributed by atoms with Crippen LogP contribution in [0.1, 0.15) is 17.6 Å². The number of methoxy groups -OCH3 is 1. The van der Waals surface area contributed by atoms with Gasteiger partial charge in [-0.1, -0.05) is 6.07 Å². The third kappa shape index (κ3) is 4.05. The Morgan fingerprint density at radius 1 is 1.25 bits per heavy atom. The van der Waals surface area contributed by atoms with Crippen molar-refractivity contribution in [3.63, 3.8) is 0 Å². The molecular formula is C19H24N6O6S. The average molecular weight is 465 g/mol. The number of imidazole rings is 1. The first-order valence-corrected chi connectivity index (χ1v) is 11.3. The number of benzene rings is 1. The summed E-state index contributed by atoms with van der Waals surface area (Å²) >= 11 is 0. The Hall–Kier alpha value is -2.68. The maximum absolute atomic E-state index is 12.1. The van der Waals surface area contributed by atoms with Gasteiger partial charge in [0.1, 0.15) is 29.0 Å². The number of aliphatic hydroxyl groups is 2. The van der Waals surface area contributed by atoms with Crippen molar-refractivity contribution < 1.29 is 28.1 Å². The number of ether oxygens (including phenoxy) is 2. The van der Waals surface area contributed by atoms with Crippen molar-refractivity contribution >= 4 is 32.7 Å². The van der Waals surface area contributed by atoms with Gasteiger partial charge in [-0.2, -0.15) is 0 Å². The Balaban J connectivity index is 1.76. The van der Waals surface area contributed by atoms with Crippen molar-refractivity contribution in [2.24, 2.45) is 5.14 Å². The fraction of sp³-hybridized carbons (Fsp3) is 0.421. The molecule has 0 unspecified atom stereocenters. The number of fused-ring (bicyclic) bond motifs is 1. The molecule has 12 nitrogen and oxygen atoms in total. The summed E-state index contributed by atoms with van der Waals surface area (Å²) in [6, 6.07) is 4.79. The standard InChI is InChI=1S/C19H24N6O6S/c1-9-4-5-11(13(6-9)32(20,28)29)24-17-14-18(23-10(2)22-17)25(8-21-14)19-16(27)15(26)12(31-19)7-30-3/h4-6,8,12,15-16,19,26-27H,7H2,1-3H3,(H2,20,28,29)(H,22,23,24)/t12-,15-,16-,19-/m1/s1. The molecule has 1 fully saturated rings. The number of anilines is 2. The molecule has 172 valence electrons. The molecule has 0 spiro atoms. The van der Waals surface area contributed by atoms with Crippen molar-refractivity contribution in [3.8, 4) is 0 Å². The molecule has 0 aliphatic carbocycles. The normalized spacial score (nSPS) is 23.7. The molecule has 1 saturated heterocycles. The quantitative estimate of drug-likeness (QED) is 0.391. The fourth-order valence-electron chi connectivity index (χ4n) is 3.66. The van der Waals surface area contributed by atoms with Crippen LogP contribution in [0.4, 0.5) is 11.5 Å². The van der Waals surface area contributed by atoms with Crippen LogP contribution in [-0.2, 0) is 19.5 Å². The minimum atomic E-state index is -4.00. The van der Waals surface area contributed by atoms with Gasteiger partial charge in [0.15, 0.2) is 23.2 Å². The zero-order valence-electron chi connectivity index (χ0n) is 17.6. The van der Waals surface area contributed by atoms with E-state index in [1.807, 2.05) is 0 Å². The van der Waals surface area contributed by atoms with Crippen molar-refractivity contribution in [1.29, 1.82) is 0 Å². The van der Waals surface area contributed by atoms with Crippen molar-refractivity contribution in [2.75, 3.05) is 19.0 Å². The number of nitrogens with two attached hydrogens (primary N) is 1. The van der Waals surface area contributed by atoms with Gasteiger partial charge in [-0.25, -0.2) is 28.5 Å². The fourth-order valence-corrected chi connectivity index (χ4v) is 4.43. The third-order valence-electron chi connectivity index (χ3n) is 5.17. The molecule has 0 saturated carbocycles. The molecule has 1 aliphatic heterocycles. The molecule has 0 radical (unpaired) electrons. The second kappa shape index (κ2) is 8.35. The largest absolute Gasteiger partial charge is 0.387 e. The number of nitrogens with one attached hydrogen (secondary N) is 1. The number of hydrogen-bond acceptors (Lipinski definition) is 10. The Morgan fingerprint density at radius 2 is 2.00 bits per heavy atom. The smallest absolute Gasteiger partial charge is 0.240 e. The summed E-state index contributed by atoms with van der Waals surface area (Å²) in [7, 11) is -2.53. The Labute approximate surface area is 184 Å². The van der Waals surface area contributed by atoms with Crippen LogP contribution in [-0.4, -0.2) is 70.2 Å². The summed E-state index contributed by atoms with van der Waals surface area (Å²) in [5, 5.41) is 29.1. The van der Waals surface area contributed by atoms with Crippen LogP contribution in [0.25, 0.3) is 11.2 Å². The predicted octanol–water partition coefficient (Wildman–Crippen LogP) is 0.0997. The summed E-state index contributed by atoms with van der Waals surface area (Å²) in [6.07, 6.45) is -2.64. The summed E-state index contributed by atoms with van der Waals surface area (Å²) in [5.74, 6) is 0.619. The first-order valence-electron chi connectivity index (χ1n) is 9.72. The first-order chi connectivity index (χ1) is 15.1. The zero-order chi connectivity index (χ0) is 23.2. The summed E-state index contributed by atoms with van der Waals surface area (Å²) in [6.45, 7) is 3.52. The van der Waals surface area contributed by atoms with Crippen LogP contribution in [0.15, 0.2) is 29.4 Å². The van der Waals surface area contributed by atoms with Crippen LogP contribution in [0.5, 0.6) is 0 Å². The molecule has 4 rings (SSSR count). The molecule has 0 amide bonds. The minimum Gasteiger partial charge on any atom is -0.387 e. The number of nitrogens with zero attached hydrogens (tertiary/aromatic N) is 4. The lowest BCUT2D eigenvalue weighted by atomic mass is 10.1. The van der Waals surface area contributed by atoms with Gasteiger partial charge in [0.05, 0.1) is 18.6 Å². The molecule has 1 aromatic carbocycles. The molecule has 0 bridgehead atoms. The zero-order valence-corrected chi connectivity index (χ0v) is 18.4. The maximum atomic E-state index is 12.1. The molecular weight excluding hydrogens is 440 g/mol. The number of aryl methyl sites for hydroxylation is 2. The van der Waals surface area contributed by atoms with E-state index in [4.69, 9.17) is 14.6 Å². The molecule has 3 heterocycles. The van der Waals surface area contributed by atoms with Crippen molar-refractivity contribution in [1.82, 2.24) is 19.5 Å². The van der Waals surface area contributed by atoms with E-state index in [1.165, 1.54) is 24.1 Å². The average Bonchev–Trinajstić information content (AvgIpc) is 3.25. The highest BCUT2D eigenvalue weighted by Gasteiger charge is 2.44. The molecule has 1 aliphatic rings. The number of aromatic nitrogens is 4. The molecule has 4 atom stereocenters. The lowest BCUT2D eigenvalue weighted by molar-refractivity contribution is -0.0580. The van der Waals surface area contributed by atoms with E-state index in [0.29, 0.717) is 17.0 Å². The van der Waals surface area contributed by atoms with Gasteiger partial charge in [0, 0.05) is 7.11 Å². The number of sulfonamides is 1. The summed E-state index contributed by atoms with van der Waals surface area (Å²) in [5.41, 5.74) is 1.61. The van der Waals surface area contributed by atoms with Gasteiger partial charge in [0.2, 0.25) is 10.0 Å². The van der Waals surface area contributed by atoms with Crippen molar-refractivity contribution in [3.05, 3.63) is 35.9 Å². The van der Waals surface area contributed by atoms with Crippen LogP contribution in [0.2, 0.25) is 0 Å². The first kappa shape index (κ1) is 22.5. The highest BCUT2D eigenvalue weighted by Crippen LogP contribution is 2.34. The van der Waals surface area contributed by atoms with Gasteiger partial charge in [-0.3, -0.25) is 4.57 Å². The Morgan fingerprint density at radius 3 is 2.69 bits per heavy atom. The van der Waals surface area contributed by atoms with Crippen LogP contribution in [0.3, 0.4) is 0 Å². The van der Waals surface area contributed by atoms with Crippen molar-refractivity contribution in [2.45, 2.75) is 43.3 Å². The Bertz CT molecular complexity index is 1260. The number of rotatable bonds is 6. The van der Waals surface area contributed by atoms with E-state index < -0.39 is 34.6 Å². The molecule has 3 aromatic rings. The SMILES string of the molecule is COC[C@H]1O[C@@H](n2cnc3c(Nc4ccc(C)cc4S(N)(=O)=O)nc(C)nc32)[C@H](O)[C@@H]1O. The van der Waals surface area contributed by atoms with Gasteiger partial charge < -0.3 is 25.0 Å². The summed E-state index contributed by atoms with van der Waals surface area (Å²) < 4.78 is 36.4. The molecule has 13 heteroatoms. The number of aliphatic hydroxyl groups excluding tert-OH is 2. The lowest BCUT2D eigenvalue weighted by Crippen LogP contribution is -2.33. The minimum absolute atomic E-state index is 0.0820. The van der Waals surface area contributed by atoms with Crippen LogP contribution >= 0.6 is 0 Å². The van der Waals surface area contributed by atoms with Crippen LogP contribution in [0, 0.1) is 13.8 Å². The second-order valence-corrected chi connectivity index (χ2v) is 9.14. The van der Waals surface area contributed by atoms with E-state index in [-0.39, 0.29) is 23.0 Å². The van der Waals surface area contributed by atoms with Gasteiger partial charge in [0.25, 0.3) is 0 Å². The highest BCUT2D eigenvalue weighted by molar-refractivity contribution is 7.89. The highest BCUT2D eigenvalue weighted by atomic mass is 32.2. The third-order valence-corrected chi connectivity index (χ3v) is 6.12. The molecule has 2 aromatic heterocycles. The van der Waals surface area contributed by atoms with E-state index in [1.54, 1.807) is 26.0 Å². The van der Waals surface area contributed by atoms with E-state index in [2.05, 4.69) is 20.3 Å². The van der Waals surface area contributed by atoms with E-state index >= 15 is 0 Å². The number of primary sulfonamides is 1. The summed E-state index contributed by atoms with van der Waals surface area (Å²) in [4.78, 5) is 13.0. The topological polar surface area (TPSA) is 175 Å². The number of hydrogen-bond donors (Lipinski definition) is 4. The molecule has 32 heavy (non-hydrogen) atoms. The Kier molecular flexibility index (Phi) is 5.87. The van der Waals surface area contributed by atoms with E-state index in [9.17, 15) is 18.6 Å². The van der Waals surface area contributed by atoms with Gasteiger partial charge >= 0.3 is 0 Å². The monoisotopic (exact) mass is 464 g/mol. The lowest BCUT2D eigenvalue weighted by Gasteiger charge is -2.17.